The zero-order valence-electron chi connectivity index (χ0n) is 9.71. The molecule has 0 aliphatic heterocycles. The van der Waals surface area contributed by atoms with E-state index in [1.165, 1.54) is 0 Å². The number of Topliss-reactive ketones (excluding diaryl/α,β-unsaturated/α-hetero) is 1. The van der Waals surface area contributed by atoms with Crippen molar-refractivity contribution in [3.8, 4) is 0 Å². The molecule has 15 heavy (non-hydrogen) atoms. The Morgan fingerprint density at radius 2 is 2.07 bits per heavy atom. The first-order valence-electron chi connectivity index (χ1n) is 5.41. The smallest absolute Gasteiger partial charge is 0.164 e. The number of nitrogens with two attached hydrogens (primary N) is 1. The molecule has 1 unspecified atom stereocenters. The van der Waals surface area contributed by atoms with Gasteiger partial charge in [0.2, 0.25) is 0 Å². The van der Waals surface area contributed by atoms with Gasteiger partial charge in [-0.2, -0.15) is 0 Å². The highest BCUT2D eigenvalue weighted by Gasteiger charge is 2.12. The maximum Gasteiger partial charge on any atom is 0.164 e. The molecule has 1 aromatic rings. The van der Waals surface area contributed by atoms with Gasteiger partial charge >= 0.3 is 0 Å². The minimum atomic E-state index is -0.0163. The summed E-state index contributed by atoms with van der Waals surface area (Å²) in [5.41, 5.74) is 8.83. The zero-order valence-corrected chi connectivity index (χ0v) is 9.71. The molecule has 1 atom stereocenters. The van der Waals surface area contributed by atoms with Crippen LogP contribution in [0.1, 0.15) is 41.3 Å². The molecule has 0 aromatic heterocycles. The molecule has 0 heterocycles. The molecule has 1 aromatic carbocycles. The molecule has 0 aliphatic rings. The number of hydrogen-bond acceptors (Lipinski definition) is 2. The van der Waals surface area contributed by atoms with Crippen LogP contribution in [0.2, 0.25) is 0 Å². The third-order valence-electron chi connectivity index (χ3n) is 2.88. The van der Waals surface area contributed by atoms with Crippen molar-refractivity contribution in [2.75, 3.05) is 0 Å². The Labute approximate surface area is 91.5 Å². The fraction of sp³-hybridized carbons (Fsp3) is 0.462. The molecule has 0 bridgehead atoms. The maximum absolute atomic E-state index is 11.9. The van der Waals surface area contributed by atoms with Crippen molar-refractivity contribution < 1.29 is 4.79 Å². The molecule has 1 rings (SSSR count). The Morgan fingerprint density at radius 1 is 1.40 bits per heavy atom. The van der Waals surface area contributed by atoms with Gasteiger partial charge in [-0.15, -0.1) is 0 Å². The molecule has 0 aliphatic carbocycles. The second-order valence-electron chi connectivity index (χ2n) is 4.04. The predicted molar refractivity (Wildman–Crippen MR) is 63.1 cm³/mol. The first-order valence-corrected chi connectivity index (χ1v) is 5.41. The summed E-state index contributed by atoms with van der Waals surface area (Å²) >= 11 is 0. The third-order valence-corrected chi connectivity index (χ3v) is 2.88. The number of hydrogen-bond donors (Lipinski definition) is 1. The zero-order chi connectivity index (χ0) is 11.4. The molecule has 0 amide bonds. The Morgan fingerprint density at radius 3 is 2.67 bits per heavy atom. The van der Waals surface area contributed by atoms with Crippen LogP contribution < -0.4 is 5.73 Å². The summed E-state index contributed by atoms with van der Waals surface area (Å²) in [7, 11) is 0. The van der Waals surface area contributed by atoms with Gasteiger partial charge in [-0.05, 0) is 31.4 Å². The molecule has 2 nitrogen and oxygen atoms in total. The van der Waals surface area contributed by atoms with Crippen molar-refractivity contribution in [3.05, 3.63) is 34.9 Å². The molecule has 82 valence electrons. The molecular weight excluding hydrogens is 186 g/mol. The van der Waals surface area contributed by atoms with Crippen LogP contribution in [0.3, 0.4) is 0 Å². The van der Waals surface area contributed by atoms with Crippen LogP contribution in [0, 0.1) is 13.8 Å². The topological polar surface area (TPSA) is 43.1 Å². The summed E-state index contributed by atoms with van der Waals surface area (Å²) in [6, 6.07) is 5.81. The molecule has 0 saturated heterocycles. The summed E-state index contributed by atoms with van der Waals surface area (Å²) in [6.07, 6.45) is 1.29. The lowest BCUT2D eigenvalue weighted by Crippen LogP contribution is -2.23. The highest BCUT2D eigenvalue weighted by atomic mass is 16.1. The molecule has 0 radical (unpaired) electrons. The SMILES string of the molecule is CCC(N)CC(=O)c1cccc(C)c1C. The summed E-state index contributed by atoms with van der Waals surface area (Å²) in [5, 5.41) is 0. The predicted octanol–water partition coefficient (Wildman–Crippen LogP) is 2.61. The van der Waals surface area contributed by atoms with Crippen molar-refractivity contribution in [2.45, 2.75) is 39.7 Å². The van der Waals surface area contributed by atoms with Gasteiger partial charge in [-0.3, -0.25) is 4.79 Å². The molecule has 2 heteroatoms. The Kier molecular flexibility index (Phi) is 4.04. The molecule has 0 spiro atoms. The number of carbonyl (C=O) groups excluding carboxylic acids is 1. The van der Waals surface area contributed by atoms with E-state index in [9.17, 15) is 4.79 Å². The number of rotatable bonds is 4. The van der Waals surface area contributed by atoms with E-state index in [-0.39, 0.29) is 11.8 Å². The molecule has 0 fully saturated rings. The van der Waals surface area contributed by atoms with Crippen LogP contribution in [0.15, 0.2) is 18.2 Å². The van der Waals surface area contributed by atoms with Crippen LogP contribution in [0.5, 0.6) is 0 Å². The van der Waals surface area contributed by atoms with Crippen molar-refractivity contribution in [2.24, 2.45) is 5.73 Å². The van der Waals surface area contributed by atoms with Crippen LogP contribution in [0.4, 0.5) is 0 Å². The Balaban J connectivity index is 2.87. The molecule has 0 saturated carbocycles. The average molecular weight is 205 g/mol. The molecule has 2 N–H and O–H groups in total. The minimum absolute atomic E-state index is 0.0163. The first kappa shape index (κ1) is 11.9. The highest BCUT2D eigenvalue weighted by molar-refractivity contribution is 5.98. The average Bonchev–Trinajstić information content (AvgIpc) is 2.21. The quantitative estimate of drug-likeness (QED) is 0.768. The fourth-order valence-corrected chi connectivity index (χ4v) is 1.55. The van der Waals surface area contributed by atoms with Crippen LogP contribution >= 0.6 is 0 Å². The van der Waals surface area contributed by atoms with Gasteiger partial charge in [0, 0.05) is 18.0 Å². The van der Waals surface area contributed by atoms with Gasteiger partial charge in [0.05, 0.1) is 0 Å². The van der Waals surface area contributed by atoms with Gasteiger partial charge in [0.15, 0.2) is 5.78 Å². The van der Waals surface area contributed by atoms with Gasteiger partial charge < -0.3 is 5.73 Å². The van der Waals surface area contributed by atoms with Gasteiger partial charge in [0.1, 0.15) is 0 Å². The van der Waals surface area contributed by atoms with Crippen molar-refractivity contribution >= 4 is 5.78 Å². The van der Waals surface area contributed by atoms with E-state index in [2.05, 4.69) is 0 Å². The maximum atomic E-state index is 11.9. The lowest BCUT2D eigenvalue weighted by atomic mass is 9.96. The lowest BCUT2D eigenvalue weighted by molar-refractivity contribution is 0.0973. The monoisotopic (exact) mass is 205 g/mol. The fourth-order valence-electron chi connectivity index (χ4n) is 1.55. The summed E-state index contributed by atoms with van der Waals surface area (Å²) in [6.45, 7) is 6.01. The summed E-state index contributed by atoms with van der Waals surface area (Å²) < 4.78 is 0. The van der Waals surface area contributed by atoms with Gasteiger partial charge in [0.25, 0.3) is 0 Å². The van der Waals surface area contributed by atoms with E-state index >= 15 is 0 Å². The third kappa shape index (κ3) is 2.90. The van der Waals surface area contributed by atoms with E-state index in [0.29, 0.717) is 6.42 Å². The van der Waals surface area contributed by atoms with Gasteiger partial charge in [-0.1, -0.05) is 25.1 Å². The van der Waals surface area contributed by atoms with Crippen LogP contribution in [-0.2, 0) is 0 Å². The number of ketones is 1. The normalized spacial score (nSPS) is 12.5. The second-order valence-corrected chi connectivity index (χ2v) is 4.04. The Bertz CT molecular complexity index is 358. The lowest BCUT2D eigenvalue weighted by Gasteiger charge is -2.10. The molecular formula is C13H19NO. The van der Waals surface area contributed by atoms with E-state index in [1.54, 1.807) is 0 Å². The van der Waals surface area contributed by atoms with Crippen molar-refractivity contribution in [3.63, 3.8) is 0 Å². The van der Waals surface area contributed by atoms with Crippen molar-refractivity contribution in [1.29, 1.82) is 0 Å². The number of benzene rings is 1. The van der Waals surface area contributed by atoms with Crippen molar-refractivity contribution in [1.82, 2.24) is 0 Å². The van der Waals surface area contributed by atoms with E-state index < -0.39 is 0 Å². The van der Waals surface area contributed by atoms with E-state index in [4.69, 9.17) is 5.73 Å². The largest absolute Gasteiger partial charge is 0.327 e. The standard InChI is InChI=1S/C13H19NO/c1-4-11(14)8-13(15)12-7-5-6-9(2)10(12)3/h5-7,11H,4,8,14H2,1-3H3. The van der Waals surface area contributed by atoms with Crippen LogP contribution in [-0.4, -0.2) is 11.8 Å². The summed E-state index contributed by atoms with van der Waals surface area (Å²) in [5.74, 6) is 0.158. The van der Waals surface area contributed by atoms with Gasteiger partial charge in [-0.25, -0.2) is 0 Å². The Hall–Kier alpha value is -1.15. The van der Waals surface area contributed by atoms with E-state index in [1.807, 2.05) is 39.0 Å². The highest BCUT2D eigenvalue weighted by Crippen LogP contribution is 2.15. The van der Waals surface area contributed by atoms with E-state index in [0.717, 1.165) is 23.1 Å². The first-order chi connectivity index (χ1) is 7.06. The minimum Gasteiger partial charge on any atom is -0.327 e. The number of aryl methyl sites for hydroxylation is 1. The number of carbonyl (C=O) groups is 1. The summed E-state index contributed by atoms with van der Waals surface area (Å²) in [4.78, 5) is 11.9. The van der Waals surface area contributed by atoms with Crippen LogP contribution in [0.25, 0.3) is 0 Å². The second kappa shape index (κ2) is 5.08.